The van der Waals surface area contributed by atoms with Gasteiger partial charge in [0.2, 0.25) is 0 Å². The van der Waals surface area contributed by atoms with E-state index in [0.29, 0.717) is 51.0 Å². The number of benzene rings is 1. The van der Waals surface area contributed by atoms with E-state index < -0.39 is 13.7 Å². The van der Waals surface area contributed by atoms with Gasteiger partial charge in [-0.15, -0.1) is 11.3 Å². The molecule has 0 aliphatic carbocycles. The maximum Gasteiger partial charge on any atom is 0.410 e. The van der Waals surface area contributed by atoms with Gasteiger partial charge >= 0.3 is 12.1 Å². The molecule has 0 radical (unpaired) electrons. The molecule has 254 valence electrons. The van der Waals surface area contributed by atoms with E-state index in [4.69, 9.17) is 19.2 Å². The average molecular weight is 682 g/mol. The molecule has 3 aromatic heterocycles. The number of hydrogen-bond donors (Lipinski definition) is 2. The molecule has 0 saturated carbocycles. The lowest BCUT2D eigenvalue weighted by molar-refractivity contribution is 0.0147. The molecule has 5 rings (SSSR count). The molecule has 1 aliphatic rings. The van der Waals surface area contributed by atoms with Crippen molar-refractivity contribution in [1.29, 1.82) is 0 Å². The first-order valence-electron chi connectivity index (χ1n) is 16.0. The summed E-state index contributed by atoms with van der Waals surface area (Å²) < 4.78 is 20.4. The van der Waals surface area contributed by atoms with Gasteiger partial charge in [-0.25, -0.2) is 19.6 Å². The number of nitrogens with zero attached hydrogens (tertiary/aromatic N) is 5. The highest BCUT2D eigenvalue weighted by Gasteiger charge is 2.26. The fraction of sp³-hybridized carbons (Fsp3) is 0.515. The van der Waals surface area contributed by atoms with Crippen LogP contribution in [0.5, 0.6) is 5.75 Å². The van der Waals surface area contributed by atoms with Crippen LogP contribution in [-0.4, -0.2) is 103 Å². The lowest BCUT2D eigenvalue weighted by Crippen LogP contribution is -2.51. The SMILES string of the molecule is COc1cc2scnc2cc1-c1cn(COCC[Si](C)(C)C)c2nc(NC(=O)NCCN3CCN(C(=O)OC(C)(C)C)CC3)ccc12. The van der Waals surface area contributed by atoms with Crippen molar-refractivity contribution in [2.24, 2.45) is 0 Å². The maximum absolute atomic E-state index is 12.9. The maximum atomic E-state index is 12.9. The Hall–Kier alpha value is -3.72. The van der Waals surface area contributed by atoms with Gasteiger partial charge in [0.05, 0.1) is 22.8 Å². The Morgan fingerprint density at radius 3 is 2.53 bits per heavy atom. The smallest absolute Gasteiger partial charge is 0.410 e. The zero-order chi connectivity index (χ0) is 33.8. The Bertz CT molecular complexity index is 1700. The van der Waals surface area contributed by atoms with Crippen molar-refractivity contribution in [2.75, 3.05) is 58.3 Å². The zero-order valence-corrected chi connectivity index (χ0v) is 30.3. The summed E-state index contributed by atoms with van der Waals surface area (Å²) in [6.45, 7) is 17.4. The number of anilines is 1. The van der Waals surface area contributed by atoms with Crippen LogP contribution in [0.1, 0.15) is 20.8 Å². The van der Waals surface area contributed by atoms with Gasteiger partial charge < -0.3 is 29.0 Å². The summed E-state index contributed by atoms with van der Waals surface area (Å²) in [4.78, 5) is 38.5. The minimum absolute atomic E-state index is 0.282. The number of nitrogens with one attached hydrogen (secondary N) is 2. The van der Waals surface area contributed by atoms with Gasteiger partial charge in [0, 0.05) is 82.7 Å². The second kappa shape index (κ2) is 14.6. The standard InChI is InChI=1S/C33H47N7O5SSi/c1-33(2,3)45-32(42)39-14-12-38(13-15-39)11-10-34-31(41)37-29-9-8-23-25(24-18-26-28(46-21-35-26)19-27(24)43-4)20-40(30(23)36-29)22-44-16-17-47(5,6)7/h8-9,18-21H,10-17,22H2,1-7H3,(H2,34,36,37,41). The van der Waals surface area contributed by atoms with Gasteiger partial charge in [-0.2, -0.15) is 0 Å². The Labute approximate surface area is 281 Å². The molecule has 2 N–H and O–H groups in total. The molecule has 4 aromatic rings. The number of pyridine rings is 1. The second-order valence-corrected chi connectivity index (χ2v) is 20.5. The van der Waals surface area contributed by atoms with E-state index in [1.165, 1.54) is 0 Å². The summed E-state index contributed by atoms with van der Waals surface area (Å²) in [5, 5.41) is 6.75. The van der Waals surface area contributed by atoms with Crippen molar-refractivity contribution in [3.05, 3.63) is 36.0 Å². The first kappa shape index (κ1) is 34.6. The van der Waals surface area contributed by atoms with E-state index in [9.17, 15) is 9.59 Å². The van der Waals surface area contributed by atoms with Gasteiger partial charge in [0.25, 0.3) is 0 Å². The molecule has 4 heterocycles. The van der Waals surface area contributed by atoms with Gasteiger partial charge in [-0.3, -0.25) is 10.2 Å². The number of hydrogen-bond acceptors (Lipinski definition) is 9. The molecule has 14 heteroatoms. The fourth-order valence-electron chi connectivity index (χ4n) is 5.32. The van der Waals surface area contributed by atoms with E-state index >= 15 is 0 Å². The van der Waals surface area contributed by atoms with E-state index in [1.54, 1.807) is 23.3 Å². The van der Waals surface area contributed by atoms with Crippen LogP contribution in [0.3, 0.4) is 0 Å². The highest BCUT2D eigenvalue weighted by atomic mass is 32.1. The molecule has 0 bridgehead atoms. The summed E-state index contributed by atoms with van der Waals surface area (Å²) in [7, 11) is 0.429. The first-order chi connectivity index (χ1) is 22.3. The quantitative estimate of drug-likeness (QED) is 0.140. The first-order valence-corrected chi connectivity index (χ1v) is 20.6. The Kier molecular flexibility index (Phi) is 10.7. The van der Waals surface area contributed by atoms with Gasteiger partial charge in [-0.05, 0) is 45.0 Å². The molecular weight excluding hydrogens is 635 g/mol. The molecule has 1 fully saturated rings. The van der Waals surface area contributed by atoms with Crippen LogP contribution < -0.4 is 15.4 Å². The predicted octanol–water partition coefficient (Wildman–Crippen LogP) is 6.31. The largest absolute Gasteiger partial charge is 0.496 e. The number of rotatable bonds is 11. The summed E-state index contributed by atoms with van der Waals surface area (Å²) in [5.74, 6) is 1.20. The third kappa shape index (κ3) is 9.21. The molecule has 1 aliphatic heterocycles. The minimum atomic E-state index is -1.24. The van der Waals surface area contributed by atoms with Gasteiger partial charge in [-0.1, -0.05) is 19.6 Å². The molecule has 0 unspecified atom stereocenters. The van der Waals surface area contributed by atoms with E-state index in [1.807, 2.05) is 61.3 Å². The number of carbonyl (C=O) groups excluding carboxylic acids is 2. The molecule has 1 saturated heterocycles. The fourth-order valence-corrected chi connectivity index (χ4v) is 6.76. The number of carbonyl (C=O) groups is 2. The lowest BCUT2D eigenvalue weighted by atomic mass is 10.0. The van der Waals surface area contributed by atoms with Crippen molar-refractivity contribution in [3.8, 4) is 16.9 Å². The molecule has 0 spiro atoms. The molecule has 3 amide bonds. The third-order valence-corrected chi connectivity index (χ3v) is 10.4. The normalized spacial score (nSPS) is 14.5. The Balaban J connectivity index is 1.24. The monoisotopic (exact) mass is 681 g/mol. The molecular formula is C33H47N7O5SSi. The number of amides is 3. The zero-order valence-electron chi connectivity index (χ0n) is 28.5. The van der Waals surface area contributed by atoms with Crippen LogP contribution in [0.4, 0.5) is 15.4 Å². The Morgan fingerprint density at radius 1 is 1.06 bits per heavy atom. The molecule has 1 aromatic carbocycles. The van der Waals surface area contributed by atoms with E-state index in [0.717, 1.165) is 51.6 Å². The average Bonchev–Trinajstić information content (AvgIpc) is 3.61. The van der Waals surface area contributed by atoms with Crippen molar-refractivity contribution in [3.63, 3.8) is 0 Å². The van der Waals surface area contributed by atoms with Crippen molar-refractivity contribution in [1.82, 2.24) is 29.7 Å². The lowest BCUT2D eigenvalue weighted by Gasteiger charge is -2.35. The van der Waals surface area contributed by atoms with Crippen molar-refractivity contribution >= 4 is 58.6 Å². The Morgan fingerprint density at radius 2 is 1.83 bits per heavy atom. The number of fused-ring (bicyclic) bond motifs is 2. The highest BCUT2D eigenvalue weighted by Crippen LogP contribution is 2.39. The van der Waals surface area contributed by atoms with E-state index in [-0.39, 0.29) is 12.1 Å². The van der Waals surface area contributed by atoms with Gasteiger partial charge in [0.15, 0.2) is 0 Å². The van der Waals surface area contributed by atoms with Crippen LogP contribution in [0.2, 0.25) is 25.7 Å². The van der Waals surface area contributed by atoms with Crippen LogP contribution in [0, 0.1) is 0 Å². The van der Waals surface area contributed by atoms with Crippen molar-refractivity contribution in [2.45, 2.75) is 58.8 Å². The summed E-state index contributed by atoms with van der Waals surface area (Å²) in [6.07, 6.45) is 1.75. The number of aromatic nitrogens is 3. The molecule has 12 nitrogen and oxygen atoms in total. The molecule has 0 atom stereocenters. The summed E-state index contributed by atoms with van der Waals surface area (Å²) >= 11 is 1.58. The summed E-state index contributed by atoms with van der Waals surface area (Å²) in [6, 6.07) is 8.58. The topological polar surface area (TPSA) is 123 Å². The van der Waals surface area contributed by atoms with Crippen LogP contribution in [0.15, 0.2) is 36.0 Å². The van der Waals surface area contributed by atoms with Crippen LogP contribution >= 0.6 is 11.3 Å². The van der Waals surface area contributed by atoms with E-state index in [2.05, 4.69) is 40.2 Å². The number of piperazine rings is 1. The highest BCUT2D eigenvalue weighted by molar-refractivity contribution is 7.16. The number of ether oxygens (including phenoxy) is 3. The van der Waals surface area contributed by atoms with Crippen LogP contribution in [0.25, 0.3) is 32.4 Å². The number of thiazole rings is 1. The number of urea groups is 1. The predicted molar refractivity (Wildman–Crippen MR) is 190 cm³/mol. The van der Waals surface area contributed by atoms with Crippen molar-refractivity contribution < 1.29 is 23.8 Å². The third-order valence-electron chi connectivity index (χ3n) is 7.87. The second-order valence-electron chi connectivity index (χ2n) is 14.0. The van der Waals surface area contributed by atoms with Crippen LogP contribution in [-0.2, 0) is 16.2 Å². The van der Waals surface area contributed by atoms with Gasteiger partial charge in [0.1, 0.15) is 29.5 Å². The molecule has 47 heavy (non-hydrogen) atoms. The minimum Gasteiger partial charge on any atom is -0.496 e. The summed E-state index contributed by atoms with van der Waals surface area (Å²) in [5.41, 5.74) is 4.81. The number of methoxy groups -OCH3 is 1.